The number of aliphatic carboxylic acids is 1. The molecule has 0 amide bonds. The molecule has 17 heavy (non-hydrogen) atoms. The average Bonchev–Trinajstić information content (AvgIpc) is 2.24. The van der Waals surface area contributed by atoms with Gasteiger partial charge in [-0.05, 0) is 31.7 Å². The fourth-order valence-electron chi connectivity index (χ4n) is 1.73. The van der Waals surface area contributed by atoms with E-state index in [1.165, 1.54) is 12.1 Å². The number of halogens is 1. The lowest BCUT2D eigenvalue weighted by Gasteiger charge is -2.23. The highest BCUT2D eigenvalue weighted by Gasteiger charge is 2.21. The molecule has 1 rings (SSSR count). The van der Waals surface area contributed by atoms with Gasteiger partial charge in [-0.25, -0.2) is 4.39 Å². The Balaban J connectivity index is 2.83. The molecule has 5 heteroatoms. The lowest BCUT2D eigenvalue weighted by Crippen LogP contribution is -2.37. The Hall–Kier alpha value is -1.62. The molecule has 4 nitrogen and oxygen atoms in total. The van der Waals surface area contributed by atoms with Gasteiger partial charge < -0.3 is 10.2 Å². The largest absolute Gasteiger partial charge is 0.508 e. The number of hydrogen-bond acceptors (Lipinski definition) is 3. The number of aromatic hydroxyl groups is 1. The molecule has 0 saturated heterocycles. The topological polar surface area (TPSA) is 60.8 Å². The van der Waals surface area contributed by atoms with Gasteiger partial charge in [-0.3, -0.25) is 9.69 Å². The highest BCUT2D eigenvalue weighted by Crippen LogP contribution is 2.20. The molecule has 94 valence electrons. The van der Waals surface area contributed by atoms with Crippen molar-refractivity contribution in [1.82, 2.24) is 4.90 Å². The zero-order valence-corrected chi connectivity index (χ0v) is 9.85. The van der Waals surface area contributed by atoms with Gasteiger partial charge in [0.15, 0.2) is 0 Å². The van der Waals surface area contributed by atoms with Gasteiger partial charge in [-0.15, -0.1) is 0 Å². The Morgan fingerprint density at radius 1 is 1.53 bits per heavy atom. The summed E-state index contributed by atoms with van der Waals surface area (Å²) in [4.78, 5) is 12.5. The molecule has 2 N–H and O–H groups in total. The van der Waals surface area contributed by atoms with Crippen LogP contribution in [-0.4, -0.2) is 34.2 Å². The maximum Gasteiger partial charge on any atom is 0.320 e. The SMILES string of the molecule is CCC(C(=O)O)N(C)Cc1cc(F)ccc1O. The van der Waals surface area contributed by atoms with Crippen LogP contribution in [0.5, 0.6) is 5.75 Å². The molecule has 0 bridgehead atoms. The van der Waals surface area contributed by atoms with E-state index in [4.69, 9.17) is 5.11 Å². The maximum atomic E-state index is 13.0. The third-order valence-electron chi connectivity index (χ3n) is 2.67. The number of carboxylic acids is 1. The first-order chi connectivity index (χ1) is 7.95. The number of benzene rings is 1. The van der Waals surface area contributed by atoms with Crippen LogP contribution in [0.15, 0.2) is 18.2 Å². The van der Waals surface area contributed by atoms with E-state index in [2.05, 4.69) is 0 Å². The second-order valence-corrected chi connectivity index (χ2v) is 3.95. The number of nitrogens with zero attached hydrogens (tertiary/aromatic N) is 1. The Morgan fingerprint density at radius 3 is 2.71 bits per heavy atom. The van der Waals surface area contributed by atoms with Crippen molar-refractivity contribution in [3.8, 4) is 5.75 Å². The molecule has 1 aromatic rings. The first kappa shape index (κ1) is 13.4. The standard InChI is InChI=1S/C12H16FNO3/c1-3-10(12(16)17)14(2)7-8-6-9(13)4-5-11(8)15/h4-6,10,15H,3,7H2,1-2H3,(H,16,17). The summed E-state index contributed by atoms with van der Waals surface area (Å²) in [6.07, 6.45) is 0.446. The Bertz CT molecular complexity index is 409. The summed E-state index contributed by atoms with van der Waals surface area (Å²) in [5.41, 5.74) is 0.382. The van der Waals surface area contributed by atoms with Gasteiger partial charge in [0.1, 0.15) is 17.6 Å². The van der Waals surface area contributed by atoms with Crippen molar-refractivity contribution in [2.45, 2.75) is 25.9 Å². The number of likely N-dealkylation sites (N-methyl/N-ethyl adjacent to an activating group) is 1. The number of phenolic OH excluding ortho intramolecular Hbond substituents is 1. The minimum Gasteiger partial charge on any atom is -0.508 e. The molecule has 0 spiro atoms. The van der Waals surface area contributed by atoms with E-state index in [1.807, 2.05) is 0 Å². The second kappa shape index (κ2) is 5.63. The monoisotopic (exact) mass is 241 g/mol. The van der Waals surface area contributed by atoms with Crippen LogP contribution in [0.2, 0.25) is 0 Å². The number of hydrogen-bond donors (Lipinski definition) is 2. The lowest BCUT2D eigenvalue weighted by atomic mass is 10.1. The highest BCUT2D eigenvalue weighted by molar-refractivity contribution is 5.73. The normalized spacial score (nSPS) is 12.7. The predicted octanol–water partition coefficient (Wildman–Crippen LogP) is 1.83. The van der Waals surface area contributed by atoms with Crippen molar-refractivity contribution >= 4 is 5.97 Å². The Morgan fingerprint density at radius 2 is 2.18 bits per heavy atom. The van der Waals surface area contributed by atoms with Crippen LogP contribution in [-0.2, 0) is 11.3 Å². The molecule has 0 aliphatic rings. The summed E-state index contributed by atoms with van der Waals surface area (Å²) in [7, 11) is 1.63. The number of rotatable bonds is 5. The summed E-state index contributed by atoms with van der Waals surface area (Å²) < 4.78 is 13.0. The van der Waals surface area contributed by atoms with Gasteiger partial charge >= 0.3 is 5.97 Å². The summed E-state index contributed by atoms with van der Waals surface area (Å²) in [6, 6.07) is 2.99. The van der Waals surface area contributed by atoms with Crippen molar-refractivity contribution in [2.24, 2.45) is 0 Å². The fourth-order valence-corrected chi connectivity index (χ4v) is 1.73. The summed E-state index contributed by atoms with van der Waals surface area (Å²) in [6.45, 7) is 1.95. The maximum absolute atomic E-state index is 13.0. The van der Waals surface area contributed by atoms with Gasteiger partial charge in [-0.2, -0.15) is 0 Å². The van der Waals surface area contributed by atoms with E-state index in [9.17, 15) is 14.3 Å². The molecule has 1 aromatic carbocycles. The van der Waals surface area contributed by atoms with Crippen molar-refractivity contribution in [2.75, 3.05) is 7.05 Å². The lowest BCUT2D eigenvalue weighted by molar-refractivity contribution is -0.143. The molecule has 0 saturated carbocycles. The van der Waals surface area contributed by atoms with Gasteiger partial charge in [0.25, 0.3) is 0 Å². The van der Waals surface area contributed by atoms with Crippen molar-refractivity contribution in [3.63, 3.8) is 0 Å². The minimum atomic E-state index is -0.925. The van der Waals surface area contributed by atoms with Crippen LogP contribution >= 0.6 is 0 Å². The number of phenols is 1. The van der Waals surface area contributed by atoms with Crippen LogP contribution in [0.1, 0.15) is 18.9 Å². The average molecular weight is 241 g/mol. The van der Waals surface area contributed by atoms with E-state index in [0.717, 1.165) is 6.07 Å². The Labute approximate surface area is 99.3 Å². The zero-order valence-electron chi connectivity index (χ0n) is 9.85. The highest BCUT2D eigenvalue weighted by atomic mass is 19.1. The van der Waals surface area contributed by atoms with Gasteiger partial charge in [0, 0.05) is 12.1 Å². The van der Waals surface area contributed by atoms with Gasteiger partial charge in [-0.1, -0.05) is 6.92 Å². The smallest absolute Gasteiger partial charge is 0.320 e. The molecular formula is C12H16FNO3. The summed E-state index contributed by atoms with van der Waals surface area (Å²) >= 11 is 0. The summed E-state index contributed by atoms with van der Waals surface area (Å²) in [5, 5.41) is 18.5. The zero-order chi connectivity index (χ0) is 13.0. The molecule has 0 heterocycles. The molecule has 1 atom stereocenters. The van der Waals surface area contributed by atoms with Crippen LogP contribution < -0.4 is 0 Å². The van der Waals surface area contributed by atoms with Crippen LogP contribution in [0.25, 0.3) is 0 Å². The van der Waals surface area contributed by atoms with E-state index in [-0.39, 0.29) is 12.3 Å². The molecule has 0 aliphatic carbocycles. The van der Waals surface area contributed by atoms with Crippen LogP contribution in [0, 0.1) is 5.82 Å². The number of carboxylic acid groups (broad SMARTS) is 1. The predicted molar refractivity (Wildman–Crippen MR) is 61.2 cm³/mol. The van der Waals surface area contributed by atoms with Gasteiger partial charge in [0.2, 0.25) is 0 Å². The third-order valence-corrected chi connectivity index (χ3v) is 2.67. The van der Waals surface area contributed by atoms with Crippen molar-refractivity contribution in [1.29, 1.82) is 0 Å². The molecule has 0 aliphatic heterocycles. The quantitative estimate of drug-likeness (QED) is 0.825. The molecule has 0 fully saturated rings. The fraction of sp³-hybridized carbons (Fsp3) is 0.417. The van der Waals surface area contributed by atoms with E-state index in [1.54, 1.807) is 18.9 Å². The third kappa shape index (κ3) is 3.42. The number of carbonyl (C=O) groups is 1. The Kier molecular flexibility index (Phi) is 4.45. The van der Waals surface area contributed by atoms with Crippen molar-refractivity contribution < 1.29 is 19.4 Å². The van der Waals surface area contributed by atoms with Crippen LogP contribution in [0.3, 0.4) is 0 Å². The van der Waals surface area contributed by atoms with Crippen molar-refractivity contribution in [3.05, 3.63) is 29.6 Å². The molecule has 1 unspecified atom stereocenters. The van der Waals surface area contributed by atoms with Gasteiger partial charge in [0.05, 0.1) is 0 Å². The van der Waals surface area contributed by atoms with Crippen LogP contribution in [0.4, 0.5) is 4.39 Å². The van der Waals surface area contributed by atoms with E-state index in [0.29, 0.717) is 12.0 Å². The van der Waals surface area contributed by atoms with E-state index < -0.39 is 17.8 Å². The first-order valence-corrected chi connectivity index (χ1v) is 5.36. The van der Waals surface area contributed by atoms with E-state index >= 15 is 0 Å². The first-order valence-electron chi connectivity index (χ1n) is 5.36. The molecule has 0 aromatic heterocycles. The molecule has 0 radical (unpaired) electrons. The summed E-state index contributed by atoms with van der Waals surface area (Å²) in [5.74, 6) is -1.40. The molecular weight excluding hydrogens is 225 g/mol. The minimum absolute atomic E-state index is 0.0292. The second-order valence-electron chi connectivity index (χ2n) is 3.95.